The summed E-state index contributed by atoms with van der Waals surface area (Å²) in [5.41, 5.74) is 4.61. The number of aromatic nitrogens is 6. The second-order valence-electron chi connectivity index (χ2n) is 8.65. The number of fused-ring (bicyclic) bond motifs is 1. The van der Waals surface area contributed by atoms with Crippen LogP contribution < -0.4 is 9.64 Å². The van der Waals surface area contributed by atoms with Crippen LogP contribution in [0.2, 0.25) is 0 Å². The third kappa shape index (κ3) is 3.53. The average Bonchev–Trinajstić information content (AvgIpc) is 3.50. The van der Waals surface area contributed by atoms with Gasteiger partial charge in [-0.1, -0.05) is 25.2 Å². The van der Waals surface area contributed by atoms with Crippen LogP contribution in [0.25, 0.3) is 27.6 Å². The van der Waals surface area contributed by atoms with E-state index in [2.05, 4.69) is 52.8 Å². The van der Waals surface area contributed by atoms with Crippen LogP contribution in [0.15, 0.2) is 24.8 Å². The Balaban J connectivity index is 1.54. The van der Waals surface area contributed by atoms with Gasteiger partial charge in [-0.15, -0.1) is 0 Å². The van der Waals surface area contributed by atoms with E-state index in [9.17, 15) is 0 Å². The van der Waals surface area contributed by atoms with Crippen LogP contribution in [0.3, 0.4) is 0 Å². The SMILES string of the molecule is COc1cc(-c2n[nH]c(-c3ncc(N4CCN(C)CC4C)s3)c2C(C)C)cn2ncnc12. The Hall–Kier alpha value is -2.98. The molecule has 0 aliphatic carbocycles. The molecule has 0 radical (unpaired) electrons. The average molecular weight is 453 g/mol. The molecule has 1 fully saturated rings. The number of likely N-dealkylation sites (N-methyl/N-ethyl adjacent to an activating group) is 1. The monoisotopic (exact) mass is 452 g/mol. The molecule has 168 valence electrons. The largest absolute Gasteiger partial charge is 0.493 e. The summed E-state index contributed by atoms with van der Waals surface area (Å²) in [4.78, 5) is 13.9. The fourth-order valence-electron chi connectivity index (χ4n) is 4.45. The fraction of sp³-hybridized carbons (Fsp3) is 0.455. The van der Waals surface area contributed by atoms with Crippen molar-refractivity contribution in [3.63, 3.8) is 0 Å². The van der Waals surface area contributed by atoms with Gasteiger partial charge in [0.05, 0.1) is 24.7 Å². The maximum absolute atomic E-state index is 5.55. The van der Waals surface area contributed by atoms with E-state index in [1.54, 1.807) is 23.0 Å². The summed E-state index contributed by atoms with van der Waals surface area (Å²) in [6.45, 7) is 9.78. The predicted octanol–water partition coefficient (Wildman–Crippen LogP) is 3.52. The molecule has 9 nitrogen and oxygen atoms in total. The summed E-state index contributed by atoms with van der Waals surface area (Å²) in [5, 5.41) is 14.4. The Kier molecular flexibility index (Phi) is 5.34. The van der Waals surface area contributed by atoms with Crippen LogP contribution in [-0.2, 0) is 0 Å². The topological polar surface area (TPSA) is 87.5 Å². The Morgan fingerprint density at radius 2 is 2.09 bits per heavy atom. The van der Waals surface area contributed by atoms with Gasteiger partial charge in [-0.25, -0.2) is 14.5 Å². The van der Waals surface area contributed by atoms with Crippen molar-refractivity contribution in [2.45, 2.75) is 32.7 Å². The number of hydrogen-bond donors (Lipinski definition) is 1. The normalized spacial score (nSPS) is 17.6. The molecular weight excluding hydrogens is 424 g/mol. The summed E-state index contributed by atoms with van der Waals surface area (Å²) in [5.74, 6) is 0.922. The van der Waals surface area contributed by atoms with Crippen molar-refractivity contribution in [1.29, 1.82) is 0 Å². The summed E-state index contributed by atoms with van der Waals surface area (Å²) >= 11 is 1.72. The number of anilines is 1. The van der Waals surface area contributed by atoms with Gasteiger partial charge in [0, 0.05) is 43.0 Å². The lowest BCUT2D eigenvalue weighted by Crippen LogP contribution is -2.50. The number of pyridine rings is 1. The van der Waals surface area contributed by atoms with Crippen LogP contribution in [-0.4, -0.2) is 74.5 Å². The highest BCUT2D eigenvalue weighted by Gasteiger charge is 2.26. The first-order valence-corrected chi connectivity index (χ1v) is 11.6. The van der Waals surface area contributed by atoms with Crippen molar-refractivity contribution in [1.82, 2.24) is 34.7 Å². The molecule has 0 amide bonds. The molecule has 4 aromatic rings. The Morgan fingerprint density at radius 1 is 1.25 bits per heavy atom. The van der Waals surface area contributed by atoms with E-state index >= 15 is 0 Å². The number of ether oxygens (including phenoxy) is 1. The minimum absolute atomic E-state index is 0.256. The van der Waals surface area contributed by atoms with Crippen LogP contribution in [0, 0.1) is 0 Å². The Morgan fingerprint density at radius 3 is 2.84 bits per heavy atom. The molecule has 1 aliphatic rings. The van der Waals surface area contributed by atoms with Crippen molar-refractivity contribution >= 4 is 22.0 Å². The standard InChI is InChI=1S/C22H28N8OS/c1-13(2)18-19(15-8-16(31-5)21-24-12-25-30(21)11-15)26-27-20(18)22-23-9-17(32-22)29-7-6-28(4)10-14(29)3/h8-9,11-14H,6-7,10H2,1-5H3,(H,26,27). The van der Waals surface area contributed by atoms with Gasteiger partial charge in [0.25, 0.3) is 0 Å². The van der Waals surface area contributed by atoms with Gasteiger partial charge in [-0.05, 0) is 26.0 Å². The molecule has 10 heteroatoms. The van der Waals surface area contributed by atoms with Gasteiger partial charge in [0.1, 0.15) is 16.3 Å². The van der Waals surface area contributed by atoms with E-state index in [0.717, 1.165) is 47.2 Å². The van der Waals surface area contributed by atoms with Crippen molar-refractivity contribution in [2.75, 3.05) is 38.7 Å². The van der Waals surface area contributed by atoms with Gasteiger partial charge in [-0.3, -0.25) is 5.10 Å². The highest BCUT2D eigenvalue weighted by molar-refractivity contribution is 7.18. The summed E-state index contributed by atoms with van der Waals surface area (Å²) < 4.78 is 7.27. The first-order valence-electron chi connectivity index (χ1n) is 10.8. The molecule has 32 heavy (non-hydrogen) atoms. The molecular formula is C22H28N8OS. The zero-order valence-corrected chi connectivity index (χ0v) is 19.8. The molecule has 5 rings (SSSR count). The number of piperazine rings is 1. The van der Waals surface area contributed by atoms with Crippen molar-refractivity contribution in [3.05, 3.63) is 30.4 Å². The number of thiazole rings is 1. The molecule has 1 N–H and O–H groups in total. The quantitative estimate of drug-likeness (QED) is 0.496. The van der Waals surface area contributed by atoms with Crippen molar-refractivity contribution < 1.29 is 4.74 Å². The number of nitrogens with one attached hydrogen (secondary N) is 1. The number of methoxy groups -OCH3 is 1. The van der Waals surface area contributed by atoms with E-state index in [1.165, 1.54) is 11.3 Å². The molecule has 4 aromatic heterocycles. The van der Waals surface area contributed by atoms with Crippen LogP contribution >= 0.6 is 11.3 Å². The van der Waals surface area contributed by atoms with Crippen LogP contribution in [0.5, 0.6) is 5.75 Å². The molecule has 0 aromatic carbocycles. The molecule has 1 atom stereocenters. The lowest BCUT2D eigenvalue weighted by atomic mass is 9.97. The highest BCUT2D eigenvalue weighted by atomic mass is 32.1. The van der Waals surface area contributed by atoms with Crippen molar-refractivity contribution in [3.8, 4) is 27.7 Å². The second kappa shape index (κ2) is 8.18. The Bertz CT molecular complexity index is 1240. The van der Waals surface area contributed by atoms with Gasteiger partial charge in [0.2, 0.25) is 0 Å². The number of rotatable bonds is 5. The zero-order chi connectivity index (χ0) is 22.4. The third-order valence-corrected chi connectivity index (χ3v) is 7.09. The number of nitrogens with zero attached hydrogens (tertiary/aromatic N) is 7. The summed E-state index contributed by atoms with van der Waals surface area (Å²) in [6, 6.07) is 2.43. The lowest BCUT2D eigenvalue weighted by molar-refractivity contribution is 0.276. The first-order chi connectivity index (χ1) is 15.5. The second-order valence-corrected chi connectivity index (χ2v) is 9.66. The van der Waals surface area contributed by atoms with E-state index in [4.69, 9.17) is 14.8 Å². The maximum atomic E-state index is 5.55. The molecule has 1 aliphatic heterocycles. The minimum atomic E-state index is 0.256. The smallest absolute Gasteiger partial charge is 0.197 e. The van der Waals surface area contributed by atoms with Crippen LogP contribution in [0.1, 0.15) is 32.3 Å². The van der Waals surface area contributed by atoms with Gasteiger partial charge in [-0.2, -0.15) is 10.2 Å². The van der Waals surface area contributed by atoms with E-state index in [0.29, 0.717) is 17.4 Å². The molecule has 0 spiro atoms. The molecule has 0 bridgehead atoms. The van der Waals surface area contributed by atoms with Crippen LogP contribution in [0.4, 0.5) is 5.00 Å². The van der Waals surface area contributed by atoms with Gasteiger partial charge < -0.3 is 14.5 Å². The molecule has 1 unspecified atom stereocenters. The third-order valence-electron chi connectivity index (χ3n) is 6.04. The first kappa shape index (κ1) is 20.9. The molecule has 0 saturated carbocycles. The highest BCUT2D eigenvalue weighted by Crippen LogP contribution is 2.40. The van der Waals surface area contributed by atoms with E-state index < -0.39 is 0 Å². The summed E-state index contributed by atoms with van der Waals surface area (Å²) in [7, 11) is 3.82. The lowest BCUT2D eigenvalue weighted by Gasteiger charge is -2.38. The number of H-pyrrole nitrogens is 1. The Labute approximate surface area is 191 Å². The maximum Gasteiger partial charge on any atom is 0.197 e. The molecule has 1 saturated heterocycles. The predicted molar refractivity (Wildman–Crippen MR) is 127 cm³/mol. The zero-order valence-electron chi connectivity index (χ0n) is 19.0. The van der Waals surface area contributed by atoms with Crippen molar-refractivity contribution in [2.24, 2.45) is 0 Å². The fourth-order valence-corrected chi connectivity index (χ4v) is 5.51. The van der Waals surface area contributed by atoms with E-state index in [1.807, 2.05) is 18.5 Å². The van der Waals surface area contributed by atoms with Gasteiger partial charge in [0.15, 0.2) is 11.4 Å². The summed E-state index contributed by atoms with van der Waals surface area (Å²) in [6.07, 6.45) is 5.46. The number of aromatic amines is 1. The minimum Gasteiger partial charge on any atom is -0.493 e. The molecule has 5 heterocycles. The van der Waals surface area contributed by atoms with Gasteiger partial charge >= 0.3 is 0 Å². The number of hydrogen-bond acceptors (Lipinski definition) is 8. The van der Waals surface area contributed by atoms with E-state index in [-0.39, 0.29) is 5.92 Å².